The Morgan fingerprint density at radius 2 is 1.84 bits per heavy atom. The number of para-hydroxylation sites is 2. The number of H-pyrrole nitrogens is 1. The Morgan fingerprint density at radius 1 is 1.00 bits per heavy atom. The summed E-state index contributed by atoms with van der Waals surface area (Å²) in [5.41, 5.74) is 5.48. The molecule has 4 rings (SSSR count). The van der Waals surface area contributed by atoms with Gasteiger partial charge in [-0.15, -0.1) is 0 Å². The van der Waals surface area contributed by atoms with E-state index in [1.165, 1.54) is 34.1 Å². The van der Waals surface area contributed by atoms with Gasteiger partial charge in [0.25, 0.3) is 0 Å². The van der Waals surface area contributed by atoms with Crippen LogP contribution in [-0.2, 0) is 13.0 Å². The Balaban J connectivity index is 1.70. The van der Waals surface area contributed by atoms with Crippen LogP contribution in [0.5, 0.6) is 0 Å². The maximum atomic E-state index is 3.36. The molecule has 0 saturated heterocycles. The normalized spacial score (nSPS) is 14.0. The number of anilines is 1. The summed E-state index contributed by atoms with van der Waals surface area (Å²) in [6.07, 6.45) is 3.31. The van der Waals surface area contributed by atoms with E-state index in [9.17, 15) is 0 Å². The third kappa shape index (κ3) is 1.72. The zero-order chi connectivity index (χ0) is 12.7. The summed E-state index contributed by atoms with van der Waals surface area (Å²) >= 11 is 0. The maximum absolute atomic E-state index is 3.36. The highest BCUT2D eigenvalue weighted by Crippen LogP contribution is 2.30. The predicted molar refractivity (Wildman–Crippen MR) is 79.5 cm³/mol. The van der Waals surface area contributed by atoms with Gasteiger partial charge in [-0.25, -0.2) is 0 Å². The molecule has 0 saturated carbocycles. The van der Waals surface area contributed by atoms with Gasteiger partial charge in [0, 0.05) is 35.9 Å². The van der Waals surface area contributed by atoms with Gasteiger partial charge in [-0.2, -0.15) is 0 Å². The fraction of sp³-hybridized carbons (Fsp3) is 0.176. The van der Waals surface area contributed by atoms with E-state index in [1.54, 1.807) is 0 Å². The lowest BCUT2D eigenvalue weighted by Crippen LogP contribution is -2.19. The molecule has 2 heterocycles. The number of fused-ring (bicyclic) bond motifs is 2. The molecule has 2 heteroatoms. The Morgan fingerprint density at radius 3 is 2.84 bits per heavy atom. The standard InChI is InChI=1S/C17H16N2/c1-4-8-17-13(5-1)9-10-19(17)12-14-11-18-16-7-3-2-6-15(14)16/h1-8,11,18H,9-10,12H2. The maximum Gasteiger partial charge on any atom is 0.0457 e. The topological polar surface area (TPSA) is 19.0 Å². The Bertz CT molecular complexity index is 727. The zero-order valence-corrected chi connectivity index (χ0v) is 10.8. The lowest BCUT2D eigenvalue weighted by molar-refractivity contribution is 0.840. The number of hydrogen-bond donors (Lipinski definition) is 1. The predicted octanol–water partition coefficient (Wildman–Crippen LogP) is 3.73. The highest BCUT2D eigenvalue weighted by Gasteiger charge is 2.19. The quantitative estimate of drug-likeness (QED) is 0.732. The molecule has 0 atom stereocenters. The van der Waals surface area contributed by atoms with Gasteiger partial charge in [-0.1, -0.05) is 36.4 Å². The molecule has 0 unspecified atom stereocenters. The number of hydrogen-bond acceptors (Lipinski definition) is 1. The highest BCUT2D eigenvalue weighted by molar-refractivity contribution is 5.83. The minimum absolute atomic E-state index is 0.987. The summed E-state index contributed by atoms with van der Waals surface area (Å²) < 4.78 is 0. The van der Waals surface area contributed by atoms with E-state index in [0.717, 1.165) is 13.1 Å². The molecule has 0 spiro atoms. The van der Waals surface area contributed by atoms with Gasteiger partial charge in [0.2, 0.25) is 0 Å². The Hall–Kier alpha value is -2.22. The van der Waals surface area contributed by atoms with Gasteiger partial charge in [0.15, 0.2) is 0 Å². The molecule has 19 heavy (non-hydrogen) atoms. The average Bonchev–Trinajstić information content (AvgIpc) is 3.05. The number of aromatic amines is 1. The molecular weight excluding hydrogens is 232 g/mol. The fourth-order valence-corrected chi connectivity index (χ4v) is 3.04. The first-order valence-corrected chi connectivity index (χ1v) is 6.80. The van der Waals surface area contributed by atoms with Crippen LogP contribution < -0.4 is 4.90 Å². The summed E-state index contributed by atoms with van der Waals surface area (Å²) in [5.74, 6) is 0. The number of rotatable bonds is 2. The number of benzene rings is 2. The van der Waals surface area contributed by atoms with Crippen LogP contribution in [0.25, 0.3) is 10.9 Å². The monoisotopic (exact) mass is 248 g/mol. The van der Waals surface area contributed by atoms with Crippen LogP contribution >= 0.6 is 0 Å². The minimum atomic E-state index is 0.987. The lowest BCUT2D eigenvalue weighted by atomic mass is 10.1. The fourth-order valence-electron chi connectivity index (χ4n) is 3.04. The highest BCUT2D eigenvalue weighted by atomic mass is 15.1. The van der Waals surface area contributed by atoms with Crippen LogP contribution in [-0.4, -0.2) is 11.5 Å². The van der Waals surface area contributed by atoms with Crippen molar-refractivity contribution in [3.63, 3.8) is 0 Å². The number of aromatic nitrogens is 1. The van der Waals surface area contributed by atoms with Gasteiger partial charge in [0.05, 0.1) is 0 Å². The molecule has 1 N–H and O–H groups in total. The third-order valence-corrected chi connectivity index (χ3v) is 4.02. The molecule has 0 aliphatic carbocycles. The van der Waals surface area contributed by atoms with Gasteiger partial charge in [-0.3, -0.25) is 0 Å². The molecule has 0 bridgehead atoms. The first kappa shape index (κ1) is 10.7. The van der Waals surface area contributed by atoms with Gasteiger partial charge < -0.3 is 9.88 Å². The van der Waals surface area contributed by atoms with Gasteiger partial charge >= 0.3 is 0 Å². The van der Waals surface area contributed by atoms with Crippen LogP contribution in [0.2, 0.25) is 0 Å². The average molecular weight is 248 g/mol. The third-order valence-electron chi connectivity index (χ3n) is 4.02. The lowest BCUT2D eigenvalue weighted by Gasteiger charge is -2.18. The molecule has 3 aromatic rings. The molecular formula is C17H16N2. The minimum Gasteiger partial charge on any atom is -0.367 e. The molecule has 2 nitrogen and oxygen atoms in total. The van der Waals surface area contributed by atoms with Crippen molar-refractivity contribution in [3.05, 3.63) is 65.9 Å². The van der Waals surface area contributed by atoms with Crippen LogP contribution in [0.1, 0.15) is 11.1 Å². The van der Waals surface area contributed by atoms with Crippen LogP contribution in [0.15, 0.2) is 54.7 Å². The van der Waals surface area contributed by atoms with E-state index in [-0.39, 0.29) is 0 Å². The Labute approximate surface area is 112 Å². The van der Waals surface area contributed by atoms with E-state index in [1.807, 2.05) is 0 Å². The molecule has 1 aliphatic rings. The second kappa shape index (κ2) is 4.16. The molecule has 0 amide bonds. The molecule has 1 aromatic heterocycles. The molecule has 94 valence electrons. The Kier molecular flexibility index (Phi) is 2.34. The summed E-state index contributed by atoms with van der Waals surface area (Å²) in [5, 5.41) is 1.34. The smallest absolute Gasteiger partial charge is 0.0457 e. The first-order valence-electron chi connectivity index (χ1n) is 6.80. The van der Waals surface area contributed by atoms with E-state index < -0.39 is 0 Å². The van der Waals surface area contributed by atoms with Crippen molar-refractivity contribution < 1.29 is 0 Å². The molecule has 0 radical (unpaired) electrons. The van der Waals surface area contributed by atoms with Gasteiger partial charge in [0.1, 0.15) is 0 Å². The molecule has 0 fully saturated rings. The van der Waals surface area contributed by atoms with Crippen molar-refractivity contribution in [2.24, 2.45) is 0 Å². The van der Waals surface area contributed by atoms with E-state index in [4.69, 9.17) is 0 Å². The number of nitrogens with zero attached hydrogens (tertiary/aromatic N) is 1. The van der Waals surface area contributed by atoms with Crippen molar-refractivity contribution in [2.45, 2.75) is 13.0 Å². The van der Waals surface area contributed by atoms with Crippen molar-refractivity contribution in [1.82, 2.24) is 4.98 Å². The second-order valence-corrected chi connectivity index (χ2v) is 5.16. The van der Waals surface area contributed by atoms with Crippen molar-refractivity contribution in [1.29, 1.82) is 0 Å². The summed E-state index contributed by atoms with van der Waals surface area (Å²) in [6, 6.07) is 17.3. The molecule has 1 aliphatic heterocycles. The van der Waals surface area contributed by atoms with Crippen molar-refractivity contribution >= 4 is 16.6 Å². The van der Waals surface area contributed by atoms with Crippen molar-refractivity contribution in [3.8, 4) is 0 Å². The van der Waals surface area contributed by atoms with E-state index in [0.29, 0.717) is 0 Å². The summed E-state index contributed by atoms with van der Waals surface area (Å²) in [4.78, 5) is 5.84. The summed E-state index contributed by atoms with van der Waals surface area (Å²) in [7, 11) is 0. The zero-order valence-electron chi connectivity index (χ0n) is 10.8. The van der Waals surface area contributed by atoms with Crippen LogP contribution in [0.4, 0.5) is 5.69 Å². The van der Waals surface area contributed by atoms with E-state index in [2.05, 4.69) is 64.6 Å². The van der Waals surface area contributed by atoms with Crippen molar-refractivity contribution in [2.75, 3.05) is 11.4 Å². The SMILES string of the molecule is c1ccc2c(c1)CCN2Cc1c[nH]c2ccccc12. The van der Waals surface area contributed by atoms with Crippen LogP contribution in [0, 0.1) is 0 Å². The second-order valence-electron chi connectivity index (χ2n) is 5.16. The largest absolute Gasteiger partial charge is 0.367 e. The van der Waals surface area contributed by atoms with Crippen LogP contribution in [0.3, 0.4) is 0 Å². The van der Waals surface area contributed by atoms with Gasteiger partial charge in [-0.05, 0) is 29.7 Å². The molecule has 2 aromatic carbocycles. The van der Waals surface area contributed by atoms with E-state index >= 15 is 0 Å². The first-order chi connectivity index (χ1) is 9.42. The number of nitrogens with one attached hydrogen (secondary N) is 1. The summed E-state index contributed by atoms with van der Waals surface area (Å²) in [6.45, 7) is 2.11.